The van der Waals surface area contributed by atoms with Crippen LogP contribution in [0.1, 0.15) is 6.42 Å². The number of fused-ring (bicyclic) bond motifs is 1. The molecule has 0 atom stereocenters. The van der Waals surface area contributed by atoms with E-state index in [1.54, 1.807) is 18.2 Å². The van der Waals surface area contributed by atoms with Crippen LogP contribution in [0.5, 0.6) is 17.2 Å². The molecule has 130 valence electrons. The molecule has 0 aliphatic carbocycles. The van der Waals surface area contributed by atoms with Gasteiger partial charge in [-0.1, -0.05) is 0 Å². The van der Waals surface area contributed by atoms with Crippen LogP contribution < -0.4 is 19.5 Å². The molecule has 0 saturated carbocycles. The molecule has 2 heterocycles. The Morgan fingerprint density at radius 3 is 2.88 bits per heavy atom. The number of carbonyl (C=O) groups excluding carboxylic acids is 1. The largest absolute Gasteiger partial charge is 0.490 e. The number of carbonyl (C=O) groups is 1. The molecule has 1 amide bonds. The predicted octanol–water partition coefficient (Wildman–Crippen LogP) is 2.17. The van der Waals surface area contributed by atoms with Crippen molar-refractivity contribution >= 4 is 17.4 Å². The lowest BCUT2D eigenvalue weighted by Crippen LogP contribution is -2.20. The minimum atomic E-state index is -0.670. The minimum Gasteiger partial charge on any atom is -0.490 e. The van der Waals surface area contributed by atoms with Crippen molar-refractivity contribution in [3.63, 3.8) is 0 Å². The molecule has 1 N–H and O–H groups in total. The Balaban J connectivity index is 1.62. The number of aromatic nitrogens is 1. The minimum absolute atomic E-state index is 0.0682. The van der Waals surface area contributed by atoms with Crippen LogP contribution in [0.15, 0.2) is 36.5 Å². The lowest BCUT2D eigenvalue weighted by Gasteiger charge is -2.11. The van der Waals surface area contributed by atoms with Crippen LogP contribution in [0.25, 0.3) is 0 Å². The highest BCUT2D eigenvalue weighted by atomic mass is 16.6. The van der Waals surface area contributed by atoms with Gasteiger partial charge in [0.2, 0.25) is 5.75 Å². The summed E-state index contributed by atoms with van der Waals surface area (Å²) < 4.78 is 16.3. The zero-order chi connectivity index (χ0) is 17.6. The molecule has 2 aromatic rings. The van der Waals surface area contributed by atoms with Gasteiger partial charge in [-0.2, -0.15) is 0 Å². The highest BCUT2D eigenvalue weighted by Gasteiger charge is 2.17. The van der Waals surface area contributed by atoms with Crippen LogP contribution in [-0.4, -0.2) is 35.6 Å². The van der Waals surface area contributed by atoms with Gasteiger partial charge >= 0.3 is 5.82 Å². The van der Waals surface area contributed by atoms with Crippen LogP contribution in [-0.2, 0) is 4.79 Å². The van der Waals surface area contributed by atoms with Gasteiger partial charge in [-0.25, -0.2) is 0 Å². The van der Waals surface area contributed by atoms with Crippen LogP contribution in [0.2, 0.25) is 0 Å². The number of rotatable bonds is 5. The number of amides is 1. The van der Waals surface area contributed by atoms with Gasteiger partial charge in [0.1, 0.15) is 6.20 Å². The number of nitro groups is 1. The number of anilines is 1. The fourth-order valence-corrected chi connectivity index (χ4v) is 2.21. The average Bonchev–Trinajstić information content (AvgIpc) is 2.85. The SMILES string of the molecule is O=C(COc1cccnc1[N+](=O)[O-])Nc1ccc2c(c1)OCCCO2. The molecule has 1 aromatic heterocycles. The summed E-state index contributed by atoms with van der Waals surface area (Å²) in [5, 5.41) is 13.5. The Morgan fingerprint density at radius 2 is 2.08 bits per heavy atom. The van der Waals surface area contributed by atoms with Crippen molar-refractivity contribution in [3.05, 3.63) is 46.6 Å². The summed E-state index contributed by atoms with van der Waals surface area (Å²) in [6.45, 7) is 0.732. The smallest absolute Gasteiger partial charge is 0.406 e. The zero-order valence-electron chi connectivity index (χ0n) is 13.1. The van der Waals surface area contributed by atoms with Crippen molar-refractivity contribution in [1.29, 1.82) is 0 Å². The maximum Gasteiger partial charge on any atom is 0.406 e. The number of hydrogen-bond acceptors (Lipinski definition) is 7. The van der Waals surface area contributed by atoms with Gasteiger partial charge in [0.15, 0.2) is 18.1 Å². The van der Waals surface area contributed by atoms with Crippen LogP contribution in [0, 0.1) is 10.1 Å². The van der Waals surface area contributed by atoms with E-state index in [9.17, 15) is 14.9 Å². The van der Waals surface area contributed by atoms with E-state index in [1.807, 2.05) is 0 Å². The van der Waals surface area contributed by atoms with Crippen molar-refractivity contribution in [2.75, 3.05) is 25.1 Å². The van der Waals surface area contributed by atoms with Crippen molar-refractivity contribution in [2.24, 2.45) is 0 Å². The number of pyridine rings is 1. The van der Waals surface area contributed by atoms with Gasteiger partial charge in [-0.3, -0.25) is 4.79 Å². The predicted molar refractivity (Wildman–Crippen MR) is 87.1 cm³/mol. The quantitative estimate of drug-likeness (QED) is 0.652. The first-order chi connectivity index (χ1) is 12.1. The summed E-state index contributed by atoms with van der Waals surface area (Å²) in [6.07, 6.45) is 2.07. The summed E-state index contributed by atoms with van der Waals surface area (Å²) in [5.41, 5.74) is 0.513. The molecule has 1 aromatic carbocycles. The third kappa shape index (κ3) is 4.14. The Kier molecular flexibility index (Phi) is 4.93. The van der Waals surface area contributed by atoms with E-state index < -0.39 is 16.6 Å². The fourth-order valence-electron chi connectivity index (χ4n) is 2.21. The van der Waals surface area contributed by atoms with Crippen molar-refractivity contribution in [3.8, 4) is 17.2 Å². The normalized spacial score (nSPS) is 12.8. The molecular weight excluding hydrogens is 330 g/mol. The molecule has 1 aliphatic rings. The maximum atomic E-state index is 12.0. The van der Waals surface area contributed by atoms with Crippen LogP contribution in [0.3, 0.4) is 0 Å². The van der Waals surface area contributed by atoms with E-state index in [0.717, 1.165) is 6.42 Å². The van der Waals surface area contributed by atoms with Gasteiger partial charge in [-0.05, 0) is 34.2 Å². The molecule has 9 heteroatoms. The molecule has 0 unspecified atom stereocenters. The number of nitrogens with zero attached hydrogens (tertiary/aromatic N) is 2. The number of benzene rings is 1. The molecule has 1 aliphatic heterocycles. The Bertz CT molecular complexity index is 795. The highest BCUT2D eigenvalue weighted by molar-refractivity contribution is 5.92. The third-order valence-corrected chi connectivity index (χ3v) is 3.31. The summed E-state index contributed by atoms with van der Waals surface area (Å²) in [6, 6.07) is 7.92. The van der Waals surface area contributed by atoms with E-state index in [1.165, 1.54) is 18.3 Å². The van der Waals surface area contributed by atoms with Crippen LogP contribution in [0.4, 0.5) is 11.5 Å². The maximum absolute atomic E-state index is 12.0. The summed E-state index contributed by atoms with van der Waals surface area (Å²) in [7, 11) is 0. The number of nitrogens with one attached hydrogen (secondary N) is 1. The molecule has 9 nitrogen and oxygen atoms in total. The van der Waals surface area contributed by atoms with Crippen LogP contribution >= 0.6 is 0 Å². The highest BCUT2D eigenvalue weighted by Crippen LogP contribution is 2.32. The van der Waals surface area contributed by atoms with E-state index in [0.29, 0.717) is 30.4 Å². The lowest BCUT2D eigenvalue weighted by atomic mass is 10.2. The van der Waals surface area contributed by atoms with Gasteiger partial charge < -0.3 is 29.6 Å². The molecule has 0 saturated heterocycles. The van der Waals surface area contributed by atoms with E-state index in [-0.39, 0.29) is 12.4 Å². The number of ether oxygens (including phenoxy) is 3. The van der Waals surface area contributed by atoms with Crippen molar-refractivity contribution in [1.82, 2.24) is 4.98 Å². The Labute approximate surface area is 142 Å². The first kappa shape index (κ1) is 16.5. The summed E-state index contributed by atoms with van der Waals surface area (Å²) in [4.78, 5) is 25.8. The average molecular weight is 345 g/mol. The van der Waals surface area contributed by atoms with Gasteiger partial charge in [0.25, 0.3) is 5.91 Å². The van der Waals surface area contributed by atoms with Gasteiger partial charge in [-0.15, -0.1) is 0 Å². The first-order valence-corrected chi connectivity index (χ1v) is 7.55. The Hall–Kier alpha value is -3.36. The van der Waals surface area contributed by atoms with Crippen molar-refractivity contribution < 1.29 is 23.9 Å². The zero-order valence-corrected chi connectivity index (χ0v) is 13.1. The second-order valence-corrected chi connectivity index (χ2v) is 5.13. The topological polar surface area (TPSA) is 113 Å². The second kappa shape index (κ2) is 7.47. The molecule has 3 rings (SSSR count). The lowest BCUT2D eigenvalue weighted by molar-refractivity contribution is -0.390. The van der Waals surface area contributed by atoms with E-state index in [2.05, 4.69) is 10.3 Å². The molecule has 0 radical (unpaired) electrons. The standard InChI is InChI=1S/C16H15N3O6/c20-15(10-25-13-3-1-6-17-16(13)19(21)22)18-11-4-5-12-14(9-11)24-8-2-7-23-12/h1,3-6,9H,2,7-8,10H2,(H,18,20). The molecule has 0 spiro atoms. The molecule has 0 bridgehead atoms. The first-order valence-electron chi connectivity index (χ1n) is 7.55. The van der Waals surface area contributed by atoms with E-state index >= 15 is 0 Å². The summed E-state index contributed by atoms with van der Waals surface area (Å²) in [5.74, 6) is 0.205. The number of hydrogen-bond donors (Lipinski definition) is 1. The molecule has 25 heavy (non-hydrogen) atoms. The van der Waals surface area contributed by atoms with E-state index in [4.69, 9.17) is 14.2 Å². The van der Waals surface area contributed by atoms with Gasteiger partial charge in [0.05, 0.1) is 13.2 Å². The molecule has 0 fully saturated rings. The monoisotopic (exact) mass is 345 g/mol. The van der Waals surface area contributed by atoms with Gasteiger partial charge in [0, 0.05) is 18.2 Å². The summed E-state index contributed by atoms with van der Waals surface area (Å²) >= 11 is 0. The Morgan fingerprint density at radius 1 is 1.28 bits per heavy atom. The third-order valence-electron chi connectivity index (χ3n) is 3.31. The molecular formula is C16H15N3O6. The van der Waals surface area contributed by atoms with Crippen molar-refractivity contribution in [2.45, 2.75) is 6.42 Å². The second-order valence-electron chi connectivity index (χ2n) is 5.13. The fraction of sp³-hybridized carbons (Fsp3) is 0.250.